The zero-order chi connectivity index (χ0) is 13.0. The number of nitrogens with zero attached hydrogens (tertiary/aromatic N) is 1. The van der Waals surface area contributed by atoms with E-state index >= 15 is 0 Å². The first kappa shape index (κ1) is 13.8. The molecule has 2 rings (SSSR count). The van der Waals surface area contributed by atoms with E-state index in [1.54, 1.807) is 11.8 Å². The summed E-state index contributed by atoms with van der Waals surface area (Å²) in [6.07, 6.45) is 3.28. The summed E-state index contributed by atoms with van der Waals surface area (Å²) in [6, 6.07) is 9.00. The Morgan fingerprint density at radius 3 is 2.72 bits per heavy atom. The molecule has 1 atom stereocenters. The molecule has 1 N–H and O–H groups in total. The highest BCUT2D eigenvalue weighted by Crippen LogP contribution is 2.25. The zero-order valence-electron chi connectivity index (χ0n) is 11.1. The fourth-order valence-corrected chi connectivity index (χ4v) is 3.33. The summed E-state index contributed by atoms with van der Waals surface area (Å²) in [5.74, 6) is 1.84. The predicted octanol–water partition coefficient (Wildman–Crippen LogP) is 4.34. The Balaban J connectivity index is 1.93. The number of rotatable bonds is 4. The molecule has 0 saturated heterocycles. The standard InChI is InChI=1S/C14H20N2S2/c1-10(2)8-12-9-18-14(16-12)15-11-4-6-13(17-3)7-5-11/h4-7,10,12H,8-9H2,1-3H3,(H,15,16). The molecular weight excluding hydrogens is 260 g/mol. The number of nitrogens with one attached hydrogen (secondary N) is 1. The summed E-state index contributed by atoms with van der Waals surface area (Å²) in [6.45, 7) is 4.51. The van der Waals surface area contributed by atoms with E-state index in [0.29, 0.717) is 6.04 Å². The van der Waals surface area contributed by atoms with Crippen LogP contribution in [0.5, 0.6) is 0 Å². The van der Waals surface area contributed by atoms with Gasteiger partial charge in [-0.2, -0.15) is 0 Å². The highest BCUT2D eigenvalue weighted by Gasteiger charge is 2.19. The molecule has 0 bridgehead atoms. The van der Waals surface area contributed by atoms with Crippen molar-refractivity contribution >= 4 is 34.4 Å². The second-order valence-electron chi connectivity index (χ2n) is 4.88. The maximum atomic E-state index is 4.73. The molecule has 4 heteroatoms. The number of anilines is 1. The summed E-state index contributed by atoms with van der Waals surface area (Å²) in [4.78, 5) is 6.02. The molecule has 1 aromatic rings. The minimum atomic E-state index is 0.489. The van der Waals surface area contributed by atoms with Crippen LogP contribution < -0.4 is 5.32 Å². The molecule has 1 aliphatic rings. The first-order valence-corrected chi connectivity index (χ1v) is 8.50. The second-order valence-corrected chi connectivity index (χ2v) is 6.77. The van der Waals surface area contributed by atoms with Crippen LogP contribution >= 0.6 is 23.5 Å². The van der Waals surface area contributed by atoms with Crippen molar-refractivity contribution in [2.45, 2.75) is 31.2 Å². The summed E-state index contributed by atoms with van der Waals surface area (Å²) in [7, 11) is 0. The number of amidine groups is 1. The molecule has 18 heavy (non-hydrogen) atoms. The third-order valence-electron chi connectivity index (χ3n) is 2.80. The third-order valence-corrected chi connectivity index (χ3v) is 4.57. The van der Waals surface area contributed by atoms with Crippen LogP contribution in [0.1, 0.15) is 20.3 Å². The van der Waals surface area contributed by atoms with Gasteiger partial charge in [-0.05, 0) is 42.9 Å². The normalized spacial score (nSPS) is 19.1. The molecule has 0 aromatic heterocycles. The summed E-state index contributed by atoms with van der Waals surface area (Å²) in [5, 5.41) is 4.47. The summed E-state index contributed by atoms with van der Waals surface area (Å²) < 4.78 is 0. The fourth-order valence-electron chi connectivity index (χ4n) is 1.95. The minimum Gasteiger partial charge on any atom is -0.335 e. The maximum absolute atomic E-state index is 4.73. The van der Waals surface area contributed by atoms with Gasteiger partial charge in [-0.3, -0.25) is 4.99 Å². The van der Waals surface area contributed by atoms with E-state index in [0.717, 1.165) is 22.5 Å². The highest BCUT2D eigenvalue weighted by atomic mass is 32.2. The number of hydrogen-bond acceptors (Lipinski definition) is 4. The number of hydrogen-bond donors (Lipinski definition) is 1. The first-order chi connectivity index (χ1) is 8.67. The van der Waals surface area contributed by atoms with E-state index in [4.69, 9.17) is 4.99 Å². The topological polar surface area (TPSA) is 24.4 Å². The van der Waals surface area contributed by atoms with Crippen LogP contribution in [-0.4, -0.2) is 23.2 Å². The van der Waals surface area contributed by atoms with Crippen molar-refractivity contribution in [2.24, 2.45) is 10.9 Å². The van der Waals surface area contributed by atoms with Gasteiger partial charge < -0.3 is 5.32 Å². The molecule has 0 spiro atoms. The van der Waals surface area contributed by atoms with Crippen LogP contribution in [0.4, 0.5) is 5.69 Å². The lowest BCUT2D eigenvalue weighted by atomic mass is 10.1. The van der Waals surface area contributed by atoms with E-state index in [1.165, 1.54) is 11.3 Å². The predicted molar refractivity (Wildman–Crippen MR) is 85.0 cm³/mol. The molecule has 0 radical (unpaired) electrons. The molecule has 0 amide bonds. The van der Waals surface area contributed by atoms with E-state index in [-0.39, 0.29) is 0 Å². The van der Waals surface area contributed by atoms with Crippen LogP contribution in [0.25, 0.3) is 0 Å². The molecule has 1 unspecified atom stereocenters. The van der Waals surface area contributed by atoms with Gasteiger partial charge in [0.2, 0.25) is 0 Å². The van der Waals surface area contributed by atoms with E-state index in [1.807, 2.05) is 11.8 Å². The zero-order valence-corrected chi connectivity index (χ0v) is 12.8. The Labute approximate surface area is 118 Å². The Kier molecular flexibility index (Phi) is 5.01. The van der Waals surface area contributed by atoms with Crippen molar-refractivity contribution in [3.63, 3.8) is 0 Å². The van der Waals surface area contributed by atoms with Crippen molar-refractivity contribution in [3.05, 3.63) is 24.3 Å². The molecule has 0 fully saturated rings. The minimum absolute atomic E-state index is 0.489. The Morgan fingerprint density at radius 2 is 2.11 bits per heavy atom. The largest absolute Gasteiger partial charge is 0.335 e. The van der Waals surface area contributed by atoms with Crippen LogP contribution in [0.15, 0.2) is 34.2 Å². The van der Waals surface area contributed by atoms with Crippen LogP contribution in [0, 0.1) is 5.92 Å². The van der Waals surface area contributed by atoms with Crippen molar-refractivity contribution in [3.8, 4) is 0 Å². The van der Waals surface area contributed by atoms with Gasteiger partial charge in [-0.1, -0.05) is 25.6 Å². The monoisotopic (exact) mass is 280 g/mol. The first-order valence-electron chi connectivity index (χ1n) is 6.29. The van der Waals surface area contributed by atoms with Gasteiger partial charge in [0.25, 0.3) is 0 Å². The maximum Gasteiger partial charge on any atom is 0.161 e. The second kappa shape index (κ2) is 6.53. The van der Waals surface area contributed by atoms with Crippen LogP contribution in [0.3, 0.4) is 0 Å². The van der Waals surface area contributed by atoms with Gasteiger partial charge in [0, 0.05) is 16.3 Å². The number of benzene rings is 1. The molecule has 0 saturated carbocycles. The summed E-state index contributed by atoms with van der Waals surface area (Å²) >= 11 is 3.60. The lowest BCUT2D eigenvalue weighted by Crippen LogP contribution is -2.08. The van der Waals surface area contributed by atoms with Gasteiger partial charge >= 0.3 is 0 Å². The highest BCUT2D eigenvalue weighted by molar-refractivity contribution is 8.14. The quantitative estimate of drug-likeness (QED) is 0.830. The van der Waals surface area contributed by atoms with Crippen molar-refractivity contribution in [1.29, 1.82) is 0 Å². The molecule has 98 valence electrons. The van der Waals surface area contributed by atoms with Gasteiger partial charge in [0.15, 0.2) is 5.17 Å². The fraction of sp³-hybridized carbons (Fsp3) is 0.500. The molecule has 1 aromatic carbocycles. The Hall–Kier alpha value is -0.610. The van der Waals surface area contributed by atoms with Gasteiger partial charge in [0.05, 0.1) is 6.04 Å². The van der Waals surface area contributed by atoms with E-state index < -0.39 is 0 Å². The number of aliphatic imine (C=N–C) groups is 1. The molecule has 1 heterocycles. The van der Waals surface area contributed by atoms with Gasteiger partial charge in [0.1, 0.15) is 0 Å². The van der Waals surface area contributed by atoms with E-state index in [2.05, 4.69) is 49.7 Å². The smallest absolute Gasteiger partial charge is 0.161 e. The van der Waals surface area contributed by atoms with Crippen molar-refractivity contribution in [1.82, 2.24) is 0 Å². The molecular formula is C14H20N2S2. The number of thioether (sulfide) groups is 2. The lowest BCUT2D eigenvalue weighted by molar-refractivity contribution is 0.529. The van der Waals surface area contributed by atoms with E-state index in [9.17, 15) is 0 Å². The third kappa shape index (κ3) is 3.95. The van der Waals surface area contributed by atoms with Crippen LogP contribution in [-0.2, 0) is 0 Å². The molecule has 0 aliphatic carbocycles. The Morgan fingerprint density at radius 1 is 1.39 bits per heavy atom. The summed E-state index contributed by atoms with van der Waals surface area (Å²) in [5.41, 5.74) is 1.13. The van der Waals surface area contributed by atoms with Gasteiger partial charge in [-0.15, -0.1) is 11.8 Å². The van der Waals surface area contributed by atoms with Gasteiger partial charge in [-0.25, -0.2) is 0 Å². The van der Waals surface area contributed by atoms with Crippen molar-refractivity contribution in [2.75, 3.05) is 17.3 Å². The molecule has 1 aliphatic heterocycles. The SMILES string of the molecule is CSc1ccc(NC2=NC(CC(C)C)CS2)cc1. The lowest BCUT2D eigenvalue weighted by Gasteiger charge is -2.07. The Bertz CT molecular complexity index is 412. The van der Waals surface area contributed by atoms with Crippen molar-refractivity contribution < 1.29 is 0 Å². The average molecular weight is 280 g/mol. The average Bonchev–Trinajstić information content (AvgIpc) is 2.76. The van der Waals surface area contributed by atoms with Crippen LogP contribution in [0.2, 0.25) is 0 Å². The molecule has 2 nitrogen and oxygen atoms in total.